The molecule has 1 aromatic carbocycles. The zero-order valence-corrected chi connectivity index (χ0v) is 11.1. The van der Waals surface area contributed by atoms with Gasteiger partial charge in [0.05, 0.1) is 4.92 Å². The van der Waals surface area contributed by atoms with Gasteiger partial charge in [0.15, 0.2) is 0 Å². The van der Waals surface area contributed by atoms with E-state index in [2.05, 4.69) is 15.3 Å². The third-order valence-electron chi connectivity index (χ3n) is 2.86. The smallest absolute Gasteiger partial charge is 0.273 e. The molecule has 0 aliphatic rings. The highest BCUT2D eigenvalue weighted by Crippen LogP contribution is 2.21. The number of H-pyrrole nitrogens is 1. The SMILES string of the molecule is CCc1ccc(C(=O)Nc2ncc(C)[nH]2)cc1[N+](=O)[O-]. The number of carbonyl (C=O) groups is 1. The second-order valence-electron chi connectivity index (χ2n) is 4.32. The van der Waals surface area contributed by atoms with Crippen LogP contribution in [-0.2, 0) is 6.42 Å². The van der Waals surface area contributed by atoms with E-state index >= 15 is 0 Å². The van der Waals surface area contributed by atoms with E-state index in [1.54, 1.807) is 18.3 Å². The zero-order chi connectivity index (χ0) is 14.7. The Morgan fingerprint density at radius 1 is 1.50 bits per heavy atom. The Morgan fingerprint density at radius 3 is 2.80 bits per heavy atom. The fourth-order valence-corrected chi connectivity index (χ4v) is 1.83. The van der Waals surface area contributed by atoms with Gasteiger partial charge in [-0.3, -0.25) is 20.2 Å². The average molecular weight is 274 g/mol. The molecule has 7 nitrogen and oxygen atoms in total. The van der Waals surface area contributed by atoms with E-state index in [9.17, 15) is 14.9 Å². The van der Waals surface area contributed by atoms with Crippen LogP contribution >= 0.6 is 0 Å². The summed E-state index contributed by atoms with van der Waals surface area (Å²) in [6.45, 7) is 3.64. The largest absolute Gasteiger partial charge is 0.328 e. The number of rotatable bonds is 4. The molecule has 0 aliphatic carbocycles. The minimum absolute atomic E-state index is 0.0456. The molecular formula is C13H14N4O3. The minimum atomic E-state index is -0.480. The molecule has 0 fully saturated rings. The van der Waals surface area contributed by atoms with Gasteiger partial charge in [0, 0.05) is 29.1 Å². The van der Waals surface area contributed by atoms with Crippen molar-refractivity contribution in [2.24, 2.45) is 0 Å². The first-order valence-corrected chi connectivity index (χ1v) is 6.11. The summed E-state index contributed by atoms with van der Waals surface area (Å²) in [5, 5.41) is 13.5. The number of nitrogens with one attached hydrogen (secondary N) is 2. The quantitative estimate of drug-likeness (QED) is 0.660. The maximum absolute atomic E-state index is 12.0. The summed E-state index contributed by atoms with van der Waals surface area (Å²) < 4.78 is 0. The van der Waals surface area contributed by atoms with Crippen molar-refractivity contribution in [3.8, 4) is 0 Å². The van der Waals surface area contributed by atoms with Crippen molar-refractivity contribution in [1.29, 1.82) is 0 Å². The van der Waals surface area contributed by atoms with Gasteiger partial charge in [-0.25, -0.2) is 4.98 Å². The molecular weight excluding hydrogens is 260 g/mol. The summed E-state index contributed by atoms with van der Waals surface area (Å²) in [6, 6.07) is 4.45. The maximum atomic E-state index is 12.0. The number of benzene rings is 1. The molecule has 0 radical (unpaired) electrons. The number of aromatic amines is 1. The van der Waals surface area contributed by atoms with Gasteiger partial charge in [-0.1, -0.05) is 13.0 Å². The highest BCUT2D eigenvalue weighted by Gasteiger charge is 2.16. The van der Waals surface area contributed by atoms with Gasteiger partial charge in [0.1, 0.15) is 0 Å². The van der Waals surface area contributed by atoms with Gasteiger partial charge >= 0.3 is 0 Å². The molecule has 0 spiro atoms. The van der Waals surface area contributed by atoms with Crippen molar-refractivity contribution in [1.82, 2.24) is 9.97 Å². The number of aromatic nitrogens is 2. The van der Waals surface area contributed by atoms with Crippen molar-refractivity contribution in [3.05, 3.63) is 51.3 Å². The minimum Gasteiger partial charge on any atom is -0.328 e. The Labute approximate surface area is 115 Å². The highest BCUT2D eigenvalue weighted by molar-refractivity contribution is 6.03. The van der Waals surface area contributed by atoms with E-state index in [0.717, 1.165) is 5.69 Å². The normalized spacial score (nSPS) is 10.3. The first kappa shape index (κ1) is 13.7. The van der Waals surface area contributed by atoms with Crippen LogP contribution in [0.15, 0.2) is 24.4 Å². The molecule has 1 aromatic heterocycles. The van der Waals surface area contributed by atoms with E-state index in [1.165, 1.54) is 6.07 Å². The maximum Gasteiger partial charge on any atom is 0.273 e. The monoisotopic (exact) mass is 274 g/mol. The van der Waals surface area contributed by atoms with Gasteiger partial charge in [-0.05, 0) is 19.4 Å². The topological polar surface area (TPSA) is 101 Å². The molecule has 1 amide bonds. The number of hydrogen-bond donors (Lipinski definition) is 2. The summed E-state index contributed by atoms with van der Waals surface area (Å²) in [6.07, 6.45) is 2.12. The summed E-state index contributed by atoms with van der Waals surface area (Å²) in [5.41, 5.74) is 1.59. The number of nitro benzene ring substituents is 1. The predicted molar refractivity (Wildman–Crippen MR) is 73.8 cm³/mol. The lowest BCUT2D eigenvalue weighted by Crippen LogP contribution is -2.13. The third-order valence-corrected chi connectivity index (χ3v) is 2.86. The number of amides is 1. The van der Waals surface area contributed by atoms with Crippen LogP contribution in [0.25, 0.3) is 0 Å². The Bertz CT molecular complexity index is 663. The zero-order valence-electron chi connectivity index (χ0n) is 11.1. The van der Waals surface area contributed by atoms with Crippen molar-refractivity contribution >= 4 is 17.5 Å². The molecule has 0 bridgehead atoms. The van der Waals surface area contributed by atoms with Gasteiger partial charge in [0.25, 0.3) is 11.6 Å². The number of anilines is 1. The van der Waals surface area contributed by atoms with Crippen molar-refractivity contribution in [3.63, 3.8) is 0 Å². The van der Waals surface area contributed by atoms with Gasteiger partial charge in [-0.2, -0.15) is 0 Å². The molecule has 104 valence electrons. The van der Waals surface area contributed by atoms with Crippen LogP contribution in [0.4, 0.5) is 11.6 Å². The van der Waals surface area contributed by atoms with Crippen LogP contribution in [0.2, 0.25) is 0 Å². The summed E-state index contributed by atoms with van der Waals surface area (Å²) in [7, 11) is 0. The van der Waals surface area contributed by atoms with E-state index in [4.69, 9.17) is 0 Å². The Balaban J connectivity index is 2.26. The highest BCUT2D eigenvalue weighted by atomic mass is 16.6. The molecule has 7 heteroatoms. The second kappa shape index (κ2) is 5.52. The van der Waals surface area contributed by atoms with Crippen LogP contribution in [0.3, 0.4) is 0 Å². The van der Waals surface area contributed by atoms with E-state index in [1.807, 2.05) is 13.8 Å². The van der Waals surface area contributed by atoms with Crippen LogP contribution in [-0.4, -0.2) is 20.8 Å². The lowest BCUT2D eigenvalue weighted by molar-refractivity contribution is -0.385. The fraction of sp³-hybridized carbons (Fsp3) is 0.231. The molecule has 20 heavy (non-hydrogen) atoms. The third kappa shape index (κ3) is 2.82. The van der Waals surface area contributed by atoms with E-state index in [-0.39, 0.29) is 11.3 Å². The molecule has 0 atom stereocenters. The van der Waals surface area contributed by atoms with Crippen LogP contribution in [0, 0.1) is 17.0 Å². The van der Waals surface area contributed by atoms with Crippen molar-refractivity contribution in [2.45, 2.75) is 20.3 Å². The van der Waals surface area contributed by atoms with Gasteiger partial charge < -0.3 is 4.98 Å². The molecule has 0 saturated carbocycles. The molecule has 0 saturated heterocycles. The number of hydrogen-bond acceptors (Lipinski definition) is 4. The number of nitrogens with zero attached hydrogens (tertiary/aromatic N) is 2. The summed E-state index contributed by atoms with van der Waals surface area (Å²) in [4.78, 5) is 29.3. The molecule has 2 aromatic rings. The first-order chi connectivity index (χ1) is 9.51. The van der Waals surface area contributed by atoms with Crippen LogP contribution in [0.5, 0.6) is 0 Å². The molecule has 0 unspecified atom stereocenters. The standard InChI is InChI=1S/C13H14N4O3/c1-3-9-4-5-10(6-11(9)17(19)20)12(18)16-13-14-7-8(2)15-13/h4-7H,3H2,1-2H3,(H2,14,15,16,18). The molecule has 0 aliphatic heterocycles. The number of imidazole rings is 1. The molecule has 2 N–H and O–H groups in total. The van der Waals surface area contributed by atoms with Crippen LogP contribution in [0.1, 0.15) is 28.5 Å². The van der Waals surface area contributed by atoms with E-state index in [0.29, 0.717) is 17.9 Å². The average Bonchev–Trinajstić information content (AvgIpc) is 2.83. The van der Waals surface area contributed by atoms with Crippen molar-refractivity contribution in [2.75, 3.05) is 5.32 Å². The van der Waals surface area contributed by atoms with Crippen molar-refractivity contribution < 1.29 is 9.72 Å². The Kier molecular flexibility index (Phi) is 3.79. The first-order valence-electron chi connectivity index (χ1n) is 6.11. The van der Waals surface area contributed by atoms with Gasteiger partial charge in [0.2, 0.25) is 5.95 Å². The molecule has 2 rings (SSSR count). The Morgan fingerprint density at radius 2 is 2.25 bits per heavy atom. The lowest BCUT2D eigenvalue weighted by atomic mass is 10.1. The van der Waals surface area contributed by atoms with E-state index < -0.39 is 10.8 Å². The fourth-order valence-electron chi connectivity index (χ4n) is 1.83. The number of aryl methyl sites for hydroxylation is 2. The Hall–Kier alpha value is -2.70. The second-order valence-corrected chi connectivity index (χ2v) is 4.32. The van der Waals surface area contributed by atoms with Gasteiger partial charge in [-0.15, -0.1) is 0 Å². The summed E-state index contributed by atoms with van der Waals surface area (Å²) in [5.74, 6) is -0.125. The van der Waals surface area contributed by atoms with Crippen LogP contribution < -0.4 is 5.32 Å². The number of nitro groups is 1. The summed E-state index contributed by atoms with van der Waals surface area (Å²) >= 11 is 0. The lowest BCUT2D eigenvalue weighted by Gasteiger charge is -2.04. The predicted octanol–water partition coefficient (Wildman–Crippen LogP) is 2.44. The number of carbonyl (C=O) groups excluding carboxylic acids is 1. The molecule has 1 heterocycles.